The predicted octanol–water partition coefficient (Wildman–Crippen LogP) is 2.70. The van der Waals surface area contributed by atoms with Gasteiger partial charge in [0.1, 0.15) is 0 Å². The Morgan fingerprint density at radius 2 is 2.38 bits per heavy atom. The Labute approximate surface area is 105 Å². The second-order valence-corrected chi connectivity index (χ2v) is 5.46. The van der Waals surface area contributed by atoms with Crippen molar-refractivity contribution in [2.24, 2.45) is 5.92 Å². The number of nitrogens with zero attached hydrogens (tertiary/aromatic N) is 2. The highest BCUT2D eigenvalue weighted by atomic mass is 79.9. The number of pyridine rings is 1. The number of piperidine rings is 1. The molecule has 3 nitrogen and oxygen atoms in total. The van der Waals surface area contributed by atoms with E-state index in [1.807, 2.05) is 12.1 Å². The van der Waals surface area contributed by atoms with Gasteiger partial charge in [-0.1, -0.05) is 22.9 Å². The standard InChI is InChI=1S/C12H17BrN2O/c1-9-8-15(6-4-11(9)13)10-3-5-14-12(7-10)16-2/h3,5,7,9,11H,4,6,8H2,1-2H3. The molecule has 0 radical (unpaired) electrons. The van der Waals surface area contributed by atoms with E-state index in [2.05, 4.69) is 32.7 Å². The molecule has 2 heterocycles. The van der Waals surface area contributed by atoms with Gasteiger partial charge in [0.2, 0.25) is 5.88 Å². The fraction of sp³-hybridized carbons (Fsp3) is 0.583. The minimum Gasteiger partial charge on any atom is -0.481 e. The van der Waals surface area contributed by atoms with E-state index < -0.39 is 0 Å². The predicted molar refractivity (Wildman–Crippen MR) is 69.5 cm³/mol. The minimum atomic E-state index is 0.646. The van der Waals surface area contributed by atoms with Crippen LogP contribution in [0.25, 0.3) is 0 Å². The Morgan fingerprint density at radius 1 is 1.56 bits per heavy atom. The van der Waals surface area contributed by atoms with Crippen molar-refractivity contribution in [1.82, 2.24) is 4.98 Å². The Balaban J connectivity index is 2.12. The zero-order valence-electron chi connectivity index (χ0n) is 9.69. The lowest BCUT2D eigenvalue weighted by Crippen LogP contribution is -2.39. The van der Waals surface area contributed by atoms with E-state index in [0.29, 0.717) is 16.6 Å². The Bertz CT molecular complexity index is 359. The number of methoxy groups -OCH3 is 1. The lowest BCUT2D eigenvalue weighted by Gasteiger charge is -2.35. The first-order valence-corrected chi connectivity index (χ1v) is 6.51. The number of aromatic nitrogens is 1. The lowest BCUT2D eigenvalue weighted by atomic mass is 10.00. The van der Waals surface area contributed by atoms with Crippen LogP contribution in [0.4, 0.5) is 5.69 Å². The number of hydrogen-bond donors (Lipinski definition) is 0. The van der Waals surface area contributed by atoms with Gasteiger partial charge in [0.05, 0.1) is 7.11 Å². The smallest absolute Gasteiger partial charge is 0.214 e. The normalized spacial score (nSPS) is 25.6. The Kier molecular flexibility index (Phi) is 3.69. The zero-order chi connectivity index (χ0) is 11.5. The van der Waals surface area contributed by atoms with Crippen LogP contribution in [-0.4, -0.2) is 30.0 Å². The monoisotopic (exact) mass is 284 g/mol. The van der Waals surface area contributed by atoms with Crippen LogP contribution < -0.4 is 9.64 Å². The average molecular weight is 285 g/mol. The lowest BCUT2D eigenvalue weighted by molar-refractivity contribution is 0.397. The molecule has 1 saturated heterocycles. The summed E-state index contributed by atoms with van der Waals surface area (Å²) in [6.45, 7) is 4.46. The highest BCUT2D eigenvalue weighted by molar-refractivity contribution is 9.09. The van der Waals surface area contributed by atoms with E-state index in [1.54, 1.807) is 13.3 Å². The zero-order valence-corrected chi connectivity index (χ0v) is 11.3. The Hall–Kier alpha value is -0.770. The van der Waals surface area contributed by atoms with Crippen LogP contribution in [0.1, 0.15) is 13.3 Å². The van der Waals surface area contributed by atoms with Crippen LogP contribution in [0.2, 0.25) is 0 Å². The first-order chi connectivity index (χ1) is 7.70. The van der Waals surface area contributed by atoms with Gasteiger partial charge in [-0.3, -0.25) is 0 Å². The molecule has 1 aromatic rings. The molecule has 0 amide bonds. The van der Waals surface area contributed by atoms with Gasteiger partial charge >= 0.3 is 0 Å². The number of hydrogen-bond acceptors (Lipinski definition) is 3. The molecule has 0 aliphatic carbocycles. The van der Waals surface area contributed by atoms with Crippen LogP contribution in [0.3, 0.4) is 0 Å². The molecule has 0 aromatic carbocycles. The molecule has 1 aliphatic rings. The number of halogens is 1. The van der Waals surface area contributed by atoms with Crippen LogP contribution >= 0.6 is 15.9 Å². The van der Waals surface area contributed by atoms with Crippen molar-refractivity contribution >= 4 is 21.6 Å². The molecular weight excluding hydrogens is 268 g/mol. The van der Waals surface area contributed by atoms with Gasteiger partial charge in [-0.2, -0.15) is 0 Å². The Morgan fingerprint density at radius 3 is 3.06 bits per heavy atom. The molecule has 0 spiro atoms. The third-order valence-electron chi connectivity index (χ3n) is 3.09. The van der Waals surface area contributed by atoms with Crippen molar-refractivity contribution in [2.75, 3.05) is 25.1 Å². The molecule has 0 N–H and O–H groups in total. The summed E-state index contributed by atoms with van der Waals surface area (Å²) < 4.78 is 5.15. The van der Waals surface area contributed by atoms with Crippen LogP contribution in [0.5, 0.6) is 5.88 Å². The van der Waals surface area contributed by atoms with E-state index >= 15 is 0 Å². The summed E-state index contributed by atoms with van der Waals surface area (Å²) in [5.41, 5.74) is 1.21. The summed E-state index contributed by atoms with van der Waals surface area (Å²) in [6.07, 6.45) is 2.99. The summed E-state index contributed by atoms with van der Waals surface area (Å²) in [6, 6.07) is 4.05. The average Bonchev–Trinajstić information content (AvgIpc) is 2.33. The molecule has 16 heavy (non-hydrogen) atoms. The fourth-order valence-electron chi connectivity index (χ4n) is 2.06. The fourth-order valence-corrected chi connectivity index (χ4v) is 2.43. The third kappa shape index (κ3) is 2.48. The molecule has 88 valence electrons. The summed E-state index contributed by atoms with van der Waals surface area (Å²) in [4.78, 5) is 7.17. The maximum Gasteiger partial charge on any atom is 0.214 e. The van der Waals surface area contributed by atoms with Gasteiger partial charge in [0, 0.05) is 35.9 Å². The van der Waals surface area contributed by atoms with Crippen molar-refractivity contribution in [2.45, 2.75) is 18.2 Å². The minimum absolute atomic E-state index is 0.646. The van der Waals surface area contributed by atoms with Crippen LogP contribution in [0, 0.1) is 5.92 Å². The van der Waals surface area contributed by atoms with Crippen LogP contribution in [0.15, 0.2) is 18.3 Å². The molecule has 0 bridgehead atoms. The van der Waals surface area contributed by atoms with Crippen molar-refractivity contribution < 1.29 is 4.74 Å². The summed E-state index contributed by atoms with van der Waals surface area (Å²) in [7, 11) is 1.65. The number of alkyl halides is 1. The van der Waals surface area contributed by atoms with Crippen molar-refractivity contribution in [3.05, 3.63) is 18.3 Å². The molecule has 4 heteroatoms. The molecule has 2 unspecified atom stereocenters. The first-order valence-electron chi connectivity index (χ1n) is 5.59. The number of ether oxygens (including phenoxy) is 1. The van der Waals surface area contributed by atoms with Crippen molar-refractivity contribution in [1.29, 1.82) is 0 Å². The number of rotatable bonds is 2. The van der Waals surface area contributed by atoms with Gasteiger partial charge in [-0.15, -0.1) is 0 Å². The quantitative estimate of drug-likeness (QED) is 0.781. The van der Waals surface area contributed by atoms with Crippen LogP contribution in [-0.2, 0) is 0 Å². The van der Waals surface area contributed by atoms with Crippen molar-refractivity contribution in [3.8, 4) is 5.88 Å². The largest absolute Gasteiger partial charge is 0.481 e. The van der Waals surface area contributed by atoms with Gasteiger partial charge in [-0.25, -0.2) is 4.98 Å². The van der Waals surface area contributed by atoms with Gasteiger partial charge in [-0.05, 0) is 18.4 Å². The maximum absolute atomic E-state index is 5.15. The van der Waals surface area contributed by atoms with Gasteiger partial charge in [0.15, 0.2) is 0 Å². The van der Waals surface area contributed by atoms with E-state index in [-0.39, 0.29) is 0 Å². The molecular formula is C12H17BrN2O. The highest BCUT2D eigenvalue weighted by Gasteiger charge is 2.24. The molecule has 1 aromatic heterocycles. The summed E-state index contributed by atoms with van der Waals surface area (Å²) in [5, 5.41) is 0. The van der Waals surface area contributed by atoms with E-state index in [0.717, 1.165) is 13.1 Å². The molecule has 2 atom stereocenters. The molecule has 1 fully saturated rings. The SMILES string of the molecule is COc1cc(N2CCC(Br)C(C)C2)ccn1. The first kappa shape index (κ1) is 11.7. The van der Waals surface area contributed by atoms with Crippen molar-refractivity contribution in [3.63, 3.8) is 0 Å². The topological polar surface area (TPSA) is 25.4 Å². The van der Waals surface area contributed by atoms with E-state index in [9.17, 15) is 0 Å². The van der Waals surface area contributed by atoms with E-state index in [1.165, 1.54) is 12.1 Å². The molecule has 2 rings (SSSR count). The molecule has 0 saturated carbocycles. The third-order valence-corrected chi connectivity index (χ3v) is 4.45. The van der Waals surface area contributed by atoms with E-state index in [4.69, 9.17) is 4.74 Å². The van der Waals surface area contributed by atoms with Gasteiger partial charge < -0.3 is 9.64 Å². The number of anilines is 1. The maximum atomic E-state index is 5.15. The highest BCUT2D eigenvalue weighted by Crippen LogP contribution is 2.28. The second kappa shape index (κ2) is 5.04. The van der Waals surface area contributed by atoms with Gasteiger partial charge in [0.25, 0.3) is 0 Å². The second-order valence-electron chi connectivity index (χ2n) is 4.28. The molecule has 1 aliphatic heterocycles. The summed E-state index contributed by atoms with van der Waals surface area (Å²) >= 11 is 3.72. The summed E-state index contributed by atoms with van der Waals surface area (Å²) in [5.74, 6) is 1.36.